The fourth-order valence-electron chi connectivity index (χ4n) is 3.07. The number of nitrogens with zero attached hydrogens (tertiary/aromatic N) is 4. The van der Waals surface area contributed by atoms with Crippen molar-refractivity contribution in [3.05, 3.63) is 72.3 Å². The molecule has 2 aromatic carbocycles. The van der Waals surface area contributed by atoms with E-state index in [1.54, 1.807) is 18.2 Å². The van der Waals surface area contributed by atoms with E-state index in [4.69, 9.17) is 4.74 Å². The molecule has 1 fully saturated rings. The third-order valence-electron chi connectivity index (χ3n) is 4.54. The minimum absolute atomic E-state index is 0.157. The molecule has 5 nitrogen and oxygen atoms in total. The number of anilines is 2. The van der Waals surface area contributed by atoms with Crippen LogP contribution in [0, 0.1) is 17.5 Å². The number of halogens is 3. The van der Waals surface area contributed by atoms with Crippen molar-refractivity contribution in [2.75, 3.05) is 36.0 Å². The lowest BCUT2D eigenvalue weighted by Gasteiger charge is -2.36. The lowest BCUT2D eigenvalue weighted by molar-refractivity contribution is 0.446. The Morgan fingerprint density at radius 3 is 2.18 bits per heavy atom. The summed E-state index contributed by atoms with van der Waals surface area (Å²) in [5, 5.41) is 0. The quantitative estimate of drug-likeness (QED) is 0.678. The average Bonchev–Trinajstić information content (AvgIpc) is 2.72. The van der Waals surface area contributed by atoms with Gasteiger partial charge in [-0.1, -0.05) is 0 Å². The van der Waals surface area contributed by atoms with Gasteiger partial charge in [-0.05, 0) is 36.4 Å². The van der Waals surface area contributed by atoms with E-state index in [1.807, 2.05) is 0 Å². The summed E-state index contributed by atoms with van der Waals surface area (Å²) in [6, 6.07) is 11.4. The van der Waals surface area contributed by atoms with E-state index in [0.29, 0.717) is 5.82 Å². The van der Waals surface area contributed by atoms with Crippen LogP contribution in [0.2, 0.25) is 0 Å². The molecule has 4 rings (SSSR count). The van der Waals surface area contributed by atoms with Gasteiger partial charge in [0.2, 0.25) is 5.88 Å². The molecule has 1 saturated heterocycles. The molecule has 0 N–H and O–H groups in total. The maximum absolute atomic E-state index is 13.3. The zero-order chi connectivity index (χ0) is 19.5. The lowest BCUT2D eigenvalue weighted by Crippen LogP contribution is -2.46. The van der Waals surface area contributed by atoms with E-state index in [-0.39, 0.29) is 17.4 Å². The van der Waals surface area contributed by atoms with E-state index in [0.717, 1.165) is 44.0 Å². The van der Waals surface area contributed by atoms with Gasteiger partial charge in [-0.3, -0.25) is 0 Å². The van der Waals surface area contributed by atoms with Crippen LogP contribution in [0.15, 0.2) is 54.9 Å². The van der Waals surface area contributed by atoms with E-state index >= 15 is 0 Å². The second-order valence-electron chi connectivity index (χ2n) is 6.34. The molecule has 0 radical (unpaired) electrons. The summed E-state index contributed by atoms with van der Waals surface area (Å²) in [7, 11) is 0. The molecular weight excluding hydrogens is 369 g/mol. The molecule has 1 aliphatic rings. The van der Waals surface area contributed by atoms with Crippen LogP contribution in [0.25, 0.3) is 0 Å². The molecule has 1 aromatic heterocycles. The standard InChI is InChI=1S/C20H17F3N4O/c21-14-1-3-15(4-2-14)26-7-9-27(10-8-26)19-12-20(25-13-24-19)28-16-5-6-17(22)18(23)11-16/h1-6,11-13H,7-10H2. The van der Waals surface area contributed by atoms with Crippen molar-refractivity contribution in [1.29, 1.82) is 0 Å². The number of ether oxygens (including phenoxy) is 1. The molecular formula is C20H17F3N4O. The number of benzene rings is 2. The predicted molar refractivity (Wildman–Crippen MR) is 99.3 cm³/mol. The predicted octanol–water partition coefficient (Wildman–Crippen LogP) is 4.01. The van der Waals surface area contributed by atoms with Gasteiger partial charge in [0.05, 0.1) is 0 Å². The van der Waals surface area contributed by atoms with E-state index < -0.39 is 11.6 Å². The van der Waals surface area contributed by atoms with Crippen molar-refractivity contribution in [1.82, 2.24) is 9.97 Å². The number of hydrogen-bond donors (Lipinski definition) is 0. The maximum Gasteiger partial charge on any atom is 0.224 e. The monoisotopic (exact) mass is 386 g/mol. The van der Waals surface area contributed by atoms with Crippen molar-refractivity contribution >= 4 is 11.5 Å². The van der Waals surface area contributed by atoms with Gasteiger partial charge in [0.15, 0.2) is 11.6 Å². The molecule has 1 aliphatic heterocycles. The lowest BCUT2D eigenvalue weighted by atomic mass is 10.2. The highest BCUT2D eigenvalue weighted by atomic mass is 19.2. The van der Waals surface area contributed by atoms with Gasteiger partial charge >= 0.3 is 0 Å². The molecule has 8 heteroatoms. The summed E-state index contributed by atoms with van der Waals surface area (Å²) >= 11 is 0. The fourth-order valence-corrected chi connectivity index (χ4v) is 3.07. The number of piperazine rings is 1. The summed E-state index contributed by atoms with van der Waals surface area (Å²) in [4.78, 5) is 12.6. The Kier molecular flexibility index (Phi) is 5.01. The number of rotatable bonds is 4. The topological polar surface area (TPSA) is 41.5 Å². The normalized spacial score (nSPS) is 14.2. The van der Waals surface area contributed by atoms with E-state index in [2.05, 4.69) is 19.8 Å². The molecule has 0 bridgehead atoms. The van der Waals surface area contributed by atoms with Crippen LogP contribution in [-0.2, 0) is 0 Å². The van der Waals surface area contributed by atoms with Gasteiger partial charge in [-0.15, -0.1) is 0 Å². The van der Waals surface area contributed by atoms with Crippen LogP contribution in [0.1, 0.15) is 0 Å². The van der Waals surface area contributed by atoms with Gasteiger partial charge in [0, 0.05) is 44.0 Å². The Bertz CT molecular complexity index is 960. The molecule has 28 heavy (non-hydrogen) atoms. The van der Waals surface area contributed by atoms with E-state index in [1.165, 1.54) is 24.5 Å². The second-order valence-corrected chi connectivity index (χ2v) is 6.34. The smallest absolute Gasteiger partial charge is 0.224 e. The Morgan fingerprint density at radius 1 is 0.750 bits per heavy atom. The molecule has 2 heterocycles. The maximum atomic E-state index is 13.3. The van der Waals surface area contributed by atoms with Gasteiger partial charge in [0.25, 0.3) is 0 Å². The largest absolute Gasteiger partial charge is 0.439 e. The summed E-state index contributed by atoms with van der Waals surface area (Å²) in [5.74, 6) is -1.08. The third-order valence-corrected chi connectivity index (χ3v) is 4.54. The molecule has 144 valence electrons. The van der Waals surface area contributed by atoms with Crippen molar-refractivity contribution in [2.45, 2.75) is 0 Å². The summed E-state index contributed by atoms with van der Waals surface area (Å²) in [5.41, 5.74) is 0.978. The number of hydrogen-bond acceptors (Lipinski definition) is 5. The van der Waals surface area contributed by atoms with Crippen molar-refractivity contribution in [2.24, 2.45) is 0 Å². The second kappa shape index (κ2) is 7.75. The van der Waals surface area contributed by atoms with Crippen LogP contribution >= 0.6 is 0 Å². The highest BCUT2D eigenvalue weighted by Gasteiger charge is 2.19. The van der Waals surface area contributed by atoms with E-state index in [9.17, 15) is 13.2 Å². The Morgan fingerprint density at radius 2 is 1.46 bits per heavy atom. The first kappa shape index (κ1) is 18.1. The Balaban J connectivity index is 1.42. The van der Waals surface area contributed by atoms with Crippen molar-refractivity contribution in [3.63, 3.8) is 0 Å². The van der Waals surface area contributed by atoms with Gasteiger partial charge in [-0.25, -0.2) is 23.1 Å². The molecule has 0 unspecified atom stereocenters. The van der Waals surface area contributed by atoms with Crippen LogP contribution < -0.4 is 14.5 Å². The molecule has 0 aliphatic carbocycles. The minimum atomic E-state index is -0.983. The molecule has 0 spiro atoms. The first-order chi connectivity index (χ1) is 13.6. The summed E-state index contributed by atoms with van der Waals surface area (Å²) in [6.07, 6.45) is 1.37. The molecule has 0 amide bonds. The number of aromatic nitrogens is 2. The van der Waals surface area contributed by atoms with Crippen LogP contribution in [0.4, 0.5) is 24.7 Å². The highest BCUT2D eigenvalue weighted by molar-refractivity contribution is 5.50. The minimum Gasteiger partial charge on any atom is -0.439 e. The first-order valence-corrected chi connectivity index (χ1v) is 8.79. The van der Waals surface area contributed by atoms with Gasteiger partial charge < -0.3 is 14.5 Å². The van der Waals surface area contributed by atoms with Crippen LogP contribution in [-0.4, -0.2) is 36.1 Å². The Hall–Kier alpha value is -3.29. The molecule has 0 atom stereocenters. The SMILES string of the molecule is Fc1ccc(N2CCN(c3cc(Oc4ccc(F)c(F)c4)ncn3)CC2)cc1. The zero-order valence-electron chi connectivity index (χ0n) is 14.9. The third kappa shape index (κ3) is 4.00. The van der Waals surface area contributed by atoms with Crippen molar-refractivity contribution in [3.8, 4) is 11.6 Å². The van der Waals surface area contributed by atoms with Crippen LogP contribution in [0.3, 0.4) is 0 Å². The Labute approximate surface area is 160 Å². The first-order valence-electron chi connectivity index (χ1n) is 8.79. The van der Waals surface area contributed by atoms with Gasteiger partial charge in [-0.2, -0.15) is 0 Å². The zero-order valence-corrected chi connectivity index (χ0v) is 14.9. The molecule has 0 saturated carbocycles. The van der Waals surface area contributed by atoms with Gasteiger partial charge in [0.1, 0.15) is 23.7 Å². The average molecular weight is 386 g/mol. The fraction of sp³-hybridized carbons (Fsp3) is 0.200. The van der Waals surface area contributed by atoms with Crippen molar-refractivity contribution < 1.29 is 17.9 Å². The molecule has 3 aromatic rings. The summed E-state index contributed by atoms with van der Waals surface area (Å²) in [6.45, 7) is 2.96. The van der Waals surface area contributed by atoms with Crippen LogP contribution in [0.5, 0.6) is 11.6 Å². The summed E-state index contributed by atoms with van der Waals surface area (Å²) < 4.78 is 45.0. The highest BCUT2D eigenvalue weighted by Crippen LogP contribution is 2.25.